The summed E-state index contributed by atoms with van der Waals surface area (Å²) < 4.78 is 0. The highest BCUT2D eigenvalue weighted by atomic mass is 16.3. The SMILES string of the molecule is C=CCN1CC(=O)N2[C@@H](Cc3ccc(O)cc3)C(=O)N(Cc3cccc(C(=O)N(C)C)n3)C[C@@H]2N1C(=O)CCc1ccccc1. The van der Waals surface area contributed by atoms with Gasteiger partial charge in [-0.3, -0.25) is 19.2 Å². The van der Waals surface area contributed by atoms with Gasteiger partial charge in [0.1, 0.15) is 23.7 Å². The van der Waals surface area contributed by atoms with Crippen LogP contribution < -0.4 is 0 Å². The largest absolute Gasteiger partial charge is 0.508 e. The second-order valence-electron chi connectivity index (χ2n) is 11.5. The number of aryl methyl sites for hydroxylation is 1. The minimum absolute atomic E-state index is 0.0644. The zero-order valence-electron chi connectivity index (χ0n) is 25.6. The first kappa shape index (κ1) is 31.4. The van der Waals surface area contributed by atoms with Gasteiger partial charge in [0.25, 0.3) is 5.91 Å². The molecule has 2 aliphatic heterocycles. The van der Waals surface area contributed by atoms with Crippen molar-refractivity contribution in [3.63, 3.8) is 0 Å². The molecular weight excluding hydrogens is 572 g/mol. The highest BCUT2D eigenvalue weighted by Crippen LogP contribution is 2.30. The summed E-state index contributed by atoms with van der Waals surface area (Å²) in [5.41, 5.74) is 2.55. The molecule has 1 N–H and O–H groups in total. The molecule has 2 aromatic carbocycles. The first-order valence-electron chi connectivity index (χ1n) is 14.9. The summed E-state index contributed by atoms with van der Waals surface area (Å²) >= 11 is 0. The van der Waals surface area contributed by atoms with Gasteiger partial charge in [-0.15, -0.1) is 6.58 Å². The van der Waals surface area contributed by atoms with Crippen LogP contribution in [0.4, 0.5) is 0 Å². The molecule has 2 saturated heterocycles. The maximum atomic E-state index is 14.2. The topological polar surface area (TPSA) is 118 Å². The number of phenolic OH excluding ortho intramolecular Hbond substituents is 1. The van der Waals surface area contributed by atoms with Crippen molar-refractivity contribution in [2.75, 3.05) is 33.7 Å². The normalized spacial score (nSPS) is 18.5. The quantitative estimate of drug-likeness (QED) is 0.351. The summed E-state index contributed by atoms with van der Waals surface area (Å²) in [5.74, 6) is -0.880. The van der Waals surface area contributed by atoms with Crippen molar-refractivity contribution in [1.29, 1.82) is 0 Å². The molecular formula is C34H38N6O5. The highest BCUT2D eigenvalue weighted by molar-refractivity contribution is 5.93. The van der Waals surface area contributed by atoms with Gasteiger partial charge in [-0.1, -0.05) is 54.6 Å². The lowest BCUT2D eigenvalue weighted by Crippen LogP contribution is -2.75. The third kappa shape index (κ3) is 7.04. The van der Waals surface area contributed by atoms with E-state index in [9.17, 15) is 24.3 Å². The van der Waals surface area contributed by atoms with Gasteiger partial charge in [0.15, 0.2) is 0 Å². The average Bonchev–Trinajstić information content (AvgIpc) is 3.03. The van der Waals surface area contributed by atoms with E-state index in [4.69, 9.17) is 0 Å². The van der Waals surface area contributed by atoms with E-state index in [0.717, 1.165) is 11.1 Å². The van der Waals surface area contributed by atoms with E-state index in [-0.39, 0.29) is 74.1 Å². The zero-order chi connectivity index (χ0) is 32.1. The van der Waals surface area contributed by atoms with Crippen LogP contribution in [0.2, 0.25) is 0 Å². The Morgan fingerprint density at radius 2 is 1.73 bits per heavy atom. The maximum Gasteiger partial charge on any atom is 0.271 e. The molecule has 4 amide bonds. The van der Waals surface area contributed by atoms with Crippen LogP contribution in [0.5, 0.6) is 5.75 Å². The van der Waals surface area contributed by atoms with Crippen molar-refractivity contribution < 1.29 is 24.3 Å². The minimum atomic E-state index is -0.900. The van der Waals surface area contributed by atoms with E-state index in [1.54, 1.807) is 70.3 Å². The lowest BCUT2D eigenvalue weighted by atomic mass is 9.98. The van der Waals surface area contributed by atoms with Crippen LogP contribution in [-0.2, 0) is 33.8 Å². The standard InChI is InChI=1S/C34H38N6O5/c1-4-19-38-23-32(43)39-29(20-25-13-16-27(41)17-14-25)34(45)37(21-26-11-8-12-28(35-26)33(44)36(2)3)22-30(39)40(38)31(42)18-15-24-9-6-5-7-10-24/h4-14,16-17,29-30,41H,1,15,18-23H2,2-3H3/t29-,30-/m0/s1. The Balaban J connectivity index is 1.50. The maximum absolute atomic E-state index is 14.2. The fraction of sp³-hybridized carbons (Fsp3) is 0.324. The molecule has 0 saturated carbocycles. The van der Waals surface area contributed by atoms with Gasteiger partial charge in [0, 0.05) is 33.5 Å². The van der Waals surface area contributed by atoms with Crippen molar-refractivity contribution in [3.05, 3.63) is 108 Å². The van der Waals surface area contributed by atoms with E-state index in [0.29, 0.717) is 12.1 Å². The number of nitrogens with zero attached hydrogens (tertiary/aromatic N) is 6. The van der Waals surface area contributed by atoms with Crippen molar-refractivity contribution in [2.24, 2.45) is 0 Å². The minimum Gasteiger partial charge on any atom is -0.508 e. The molecule has 2 aliphatic rings. The number of hydrogen-bond acceptors (Lipinski definition) is 7. The van der Waals surface area contributed by atoms with Crippen LogP contribution in [0.3, 0.4) is 0 Å². The third-order valence-corrected chi connectivity index (χ3v) is 8.05. The summed E-state index contributed by atoms with van der Waals surface area (Å²) in [4.78, 5) is 63.6. The molecule has 3 heterocycles. The molecule has 2 atom stereocenters. The Morgan fingerprint density at radius 3 is 2.42 bits per heavy atom. The van der Waals surface area contributed by atoms with E-state index in [2.05, 4.69) is 11.6 Å². The van der Waals surface area contributed by atoms with Crippen molar-refractivity contribution in [3.8, 4) is 5.75 Å². The number of amides is 4. The molecule has 0 radical (unpaired) electrons. The Labute approximate surface area is 262 Å². The Morgan fingerprint density at radius 1 is 1.00 bits per heavy atom. The molecule has 0 unspecified atom stereocenters. The summed E-state index contributed by atoms with van der Waals surface area (Å²) in [7, 11) is 3.29. The molecule has 2 fully saturated rings. The van der Waals surface area contributed by atoms with E-state index >= 15 is 0 Å². The zero-order valence-corrected chi connectivity index (χ0v) is 25.6. The van der Waals surface area contributed by atoms with Crippen molar-refractivity contribution >= 4 is 23.6 Å². The molecule has 45 heavy (non-hydrogen) atoms. The number of hydrogen-bond donors (Lipinski definition) is 1. The fourth-order valence-electron chi connectivity index (χ4n) is 5.88. The number of aromatic hydroxyl groups is 1. The molecule has 11 heteroatoms. The Hall–Kier alpha value is -5.03. The van der Waals surface area contributed by atoms with Gasteiger partial charge >= 0.3 is 0 Å². The van der Waals surface area contributed by atoms with Gasteiger partial charge in [-0.25, -0.2) is 15.0 Å². The lowest BCUT2D eigenvalue weighted by Gasteiger charge is -2.55. The van der Waals surface area contributed by atoms with Gasteiger partial charge in [0.05, 0.1) is 25.3 Å². The van der Waals surface area contributed by atoms with E-state index in [1.807, 2.05) is 30.3 Å². The molecule has 3 aromatic rings. The fourth-order valence-corrected chi connectivity index (χ4v) is 5.88. The Kier molecular flexibility index (Phi) is 9.58. The van der Waals surface area contributed by atoms with Gasteiger partial charge in [-0.05, 0) is 41.8 Å². The van der Waals surface area contributed by atoms with Crippen LogP contribution in [0.25, 0.3) is 0 Å². The number of carbonyl (C=O) groups is 4. The molecule has 0 bridgehead atoms. The predicted octanol–water partition coefficient (Wildman–Crippen LogP) is 2.48. The first-order valence-corrected chi connectivity index (χ1v) is 14.9. The summed E-state index contributed by atoms with van der Waals surface area (Å²) in [6, 6.07) is 20.4. The molecule has 0 aliphatic carbocycles. The number of benzene rings is 2. The van der Waals surface area contributed by atoms with Crippen LogP contribution in [-0.4, -0.2) is 104 Å². The number of carbonyl (C=O) groups excluding carboxylic acids is 4. The highest BCUT2D eigenvalue weighted by Gasteiger charge is 2.51. The predicted molar refractivity (Wildman–Crippen MR) is 167 cm³/mol. The second kappa shape index (κ2) is 13.7. The number of pyridine rings is 1. The van der Waals surface area contributed by atoms with Crippen molar-refractivity contribution in [1.82, 2.24) is 29.7 Å². The number of piperazine rings is 1. The molecule has 11 nitrogen and oxygen atoms in total. The number of hydrazine groups is 1. The number of aromatic nitrogens is 1. The van der Waals surface area contributed by atoms with Gasteiger partial charge in [-0.2, -0.15) is 0 Å². The van der Waals surface area contributed by atoms with Crippen LogP contribution in [0.1, 0.15) is 33.7 Å². The number of rotatable bonds is 10. The third-order valence-electron chi connectivity index (χ3n) is 8.05. The molecule has 5 rings (SSSR count). The van der Waals surface area contributed by atoms with Crippen LogP contribution >= 0.6 is 0 Å². The summed E-state index contributed by atoms with van der Waals surface area (Å²) in [6.07, 6.45) is 1.81. The van der Waals surface area contributed by atoms with Crippen molar-refractivity contribution in [2.45, 2.75) is 38.0 Å². The first-order chi connectivity index (χ1) is 21.7. The summed E-state index contributed by atoms with van der Waals surface area (Å²) in [5, 5.41) is 13.1. The smallest absolute Gasteiger partial charge is 0.271 e. The Bertz CT molecular complexity index is 1560. The van der Waals surface area contributed by atoms with E-state index < -0.39 is 12.2 Å². The molecule has 1 aromatic heterocycles. The lowest BCUT2D eigenvalue weighted by molar-refractivity contribution is -0.205. The number of fused-ring (bicyclic) bond motifs is 1. The van der Waals surface area contributed by atoms with Gasteiger partial charge in [0.2, 0.25) is 17.7 Å². The molecule has 0 spiro atoms. The van der Waals surface area contributed by atoms with Crippen LogP contribution in [0, 0.1) is 0 Å². The van der Waals surface area contributed by atoms with Crippen LogP contribution in [0.15, 0.2) is 85.5 Å². The average molecular weight is 611 g/mol. The van der Waals surface area contributed by atoms with Gasteiger partial charge < -0.3 is 19.8 Å². The monoisotopic (exact) mass is 610 g/mol. The summed E-state index contributed by atoms with van der Waals surface area (Å²) in [6.45, 7) is 4.19. The number of phenols is 1. The molecule has 234 valence electrons. The second-order valence-corrected chi connectivity index (χ2v) is 11.5. The van der Waals surface area contributed by atoms with E-state index in [1.165, 1.54) is 17.0 Å².